The second-order valence-corrected chi connectivity index (χ2v) is 7.08. The molecule has 0 amide bonds. The van der Waals surface area contributed by atoms with E-state index in [4.69, 9.17) is 10.2 Å². The molecule has 0 radical (unpaired) electrons. The normalized spacial score (nSPS) is 11.3. The van der Waals surface area contributed by atoms with Gasteiger partial charge in [-0.05, 0) is 25.6 Å². The third-order valence-corrected chi connectivity index (χ3v) is 5.01. The maximum Gasteiger partial charge on any atom is 0.117 e. The Morgan fingerprint density at radius 1 is 0.929 bits per heavy atom. The summed E-state index contributed by atoms with van der Waals surface area (Å²) in [5, 5.41) is 13.1. The number of hydrogen-bond acceptors (Lipinski definition) is 4. The minimum atomic E-state index is 0.680. The molecule has 0 fully saturated rings. The maximum absolute atomic E-state index is 4.80. The summed E-state index contributed by atoms with van der Waals surface area (Å²) in [6.45, 7) is 12.1. The van der Waals surface area contributed by atoms with Crippen molar-refractivity contribution < 1.29 is 0 Å². The summed E-state index contributed by atoms with van der Waals surface area (Å²) >= 11 is 0. The Bertz CT molecular complexity index is 835. The average molecular weight is 378 g/mol. The molecule has 0 aliphatic rings. The number of aromatic nitrogens is 3. The van der Waals surface area contributed by atoms with Crippen LogP contribution in [0.25, 0.3) is 11.3 Å². The van der Waals surface area contributed by atoms with E-state index in [0.29, 0.717) is 6.54 Å². The highest BCUT2D eigenvalue weighted by molar-refractivity contribution is 5.60. The molecule has 0 aliphatic carbocycles. The lowest BCUT2D eigenvalue weighted by atomic mass is 10.1. The van der Waals surface area contributed by atoms with Gasteiger partial charge in [0.05, 0.1) is 6.54 Å². The first-order chi connectivity index (χ1) is 13.7. The molecule has 0 saturated carbocycles. The topological polar surface area (TPSA) is 46.0 Å². The SMILES string of the molecule is CCN(CC)CCNCc1nn(Cc2ccc(C)cc2)nc1-c1ccccc1. The first-order valence-electron chi connectivity index (χ1n) is 10.2. The van der Waals surface area contributed by atoms with E-state index < -0.39 is 0 Å². The highest BCUT2D eigenvalue weighted by Gasteiger charge is 2.13. The quantitative estimate of drug-likeness (QED) is 0.547. The number of rotatable bonds is 10. The predicted octanol–water partition coefficient (Wildman–Crippen LogP) is 3.73. The van der Waals surface area contributed by atoms with Gasteiger partial charge in [-0.15, -0.1) is 0 Å². The van der Waals surface area contributed by atoms with Gasteiger partial charge in [-0.2, -0.15) is 15.0 Å². The number of aryl methyl sites for hydroxylation is 1. The first-order valence-corrected chi connectivity index (χ1v) is 10.2. The number of nitrogens with one attached hydrogen (secondary N) is 1. The molecule has 3 aromatic rings. The Kier molecular flexibility index (Phi) is 7.34. The van der Waals surface area contributed by atoms with E-state index in [2.05, 4.69) is 67.4 Å². The monoisotopic (exact) mass is 377 g/mol. The first kappa shape index (κ1) is 20.2. The molecule has 5 heteroatoms. The molecule has 0 bridgehead atoms. The van der Waals surface area contributed by atoms with Crippen LogP contribution in [0.15, 0.2) is 54.6 Å². The molecule has 28 heavy (non-hydrogen) atoms. The summed E-state index contributed by atoms with van der Waals surface area (Å²) in [6, 6.07) is 18.9. The minimum absolute atomic E-state index is 0.680. The Balaban J connectivity index is 1.73. The van der Waals surface area contributed by atoms with Gasteiger partial charge < -0.3 is 10.2 Å². The summed E-state index contributed by atoms with van der Waals surface area (Å²) in [7, 11) is 0. The molecule has 1 aromatic heterocycles. The smallest absolute Gasteiger partial charge is 0.117 e. The van der Waals surface area contributed by atoms with Crippen LogP contribution in [0.5, 0.6) is 0 Å². The zero-order valence-corrected chi connectivity index (χ0v) is 17.2. The maximum atomic E-state index is 4.80. The lowest BCUT2D eigenvalue weighted by molar-refractivity contribution is 0.302. The molecule has 148 valence electrons. The van der Waals surface area contributed by atoms with E-state index in [-0.39, 0.29) is 0 Å². The van der Waals surface area contributed by atoms with Crippen molar-refractivity contribution in [3.05, 3.63) is 71.4 Å². The van der Waals surface area contributed by atoms with Crippen molar-refractivity contribution in [2.75, 3.05) is 26.2 Å². The molecule has 1 N–H and O–H groups in total. The molecule has 0 spiro atoms. The minimum Gasteiger partial charge on any atom is -0.310 e. The highest BCUT2D eigenvalue weighted by atomic mass is 15.5. The molecule has 2 aromatic carbocycles. The van der Waals surface area contributed by atoms with E-state index in [1.165, 1.54) is 11.1 Å². The van der Waals surface area contributed by atoms with Crippen molar-refractivity contribution in [3.8, 4) is 11.3 Å². The summed E-state index contributed by atoms with van der Waals surface area (Å²) in [4.78, 5) is 4.23. The number of likely N-dealkylation sites (N-methyl/N-ethyl adjacent to an activating group) is 1. The summed E-state index contributed by atoms with van der Waals surface area (Å²) < 4.78 is 0. The fraction of sp³-hybridized carbons (Fsp3) is 0.391. The third kappa shape index (κ3) is 5.50. The molecule has 0 aliphatic heterocycles. The van der Waals surface area contributed by atoms with Crippen LogP contribution in [0.3, 0.4) is 0 Å². The summed E-state index contributed by atoms with van der Waals surface area (Å²) in [5.74, 6) is 0. The van der Waals surface area contributed by atoms with Crippen molar-refractivity contribution in [2.24, 2.45) is 0 Å². The van der Waals surface area contributed by atoms with Crippen LogP contribution in [-0.4, -0.2) is 46.1 Å². The molecule has 0 unspecified atom stereocenters. The zero-order chi connectivity index (χ0) is 19.8. The van der Waals surface area contributed by atoms with E-state index >= 15 is 0 Å². The van der Waals surface area contributed by atoms with E-state index in [1.807, 2.05) is 23.0 Å². The Hall–Kier alpha value is -2.50. The van der Waals surface area contributed by atoms with E-state index in [0.717, 1.165) is 49.7 Å². The second-order valence-electron chi connectivity index (χ2n) is 7.08. The summed E-state index contributed by atoms with van der Waals surface area (Å²) in [6.07, 6.45) is 0. The molecule has 3 rings (SSSR count). The van der Waals surface area contributed by atoms with E-state index in [9.17, 15) is 0 Å². The van der Waals surface area contributed by atoms with Gasteiger partial charge >= 0.3 is 0 Å². The van der Waals surface area contributed by atoms with Gasteiger partial charge in [0, 0.05) is 25.2 Å². The van der Waals surface area contributed by atoms with Crippen molar-refractivity contribution in [1.29, 1.82) is 0 Å². The van der Waals surface area contributed by atoms with Crippen LogP contribution < -0.4 is 5.32 Å². The molecule has 1 heterocycles. The Morgan fingerprint density at radius 2 is 1.64 bits per heavy atom. The fourth-order valence-electron chi connectivity index (χ4n) is 3.23. The largest absolute Gasteiger partial charge is 0.310 e. The lowest BCUT2D eigenvalue weighted by Crippen LogP contribution is -2.31. The molecular formula is C23H31N5. The van der Waals surface area contributed by atoms with Gasteiger partial charge in [-0.25, -0.2) is 0 Å². The van der Waals surface area contributed by atoms with Crippen LogP contribution in [0.4, 0.5) is 0 Å². The summed E-state index contributed by atoms with van der Waals surface area (Å²) in [5.41, 5.74) is 5.54. The number of benzene rings is 2. The van der Waals surface area contributed by atoms with Gasteiger partial charge in [-0.3, -0.25) is 0 Å². The molecule has 5 nitrogen and oxygen atoms in total. The number of hydrogen-bond donors (Lipinski definition) is 1. The van der Waals surface area contributed by atoms with Crippen molar-refractivity contribution in [3.63, 3.8) is 0 Å². The van der Waals surface area contributed by atoms with Gasteiger partial charge in [0.1, 0.15) is 11.4 Å². The fourth-order valence-corrected chi connectivity index (χ4v) is 3.23. The van der Waals surface area contributed by atoms with Gasteiger partial charge in [0.15, 0.2) is 0 Å². The van der Waals surface area contributed by atoms with Crippen molar-refractivity contribution in [2.45, 2.75) is 33.9 Å². The van der Waals surface area contributed by atoms with Crippen LogP contribution in [-0.2, 0) is 13.1 Å². The van der Waals surface area contributed by atoms with Gasteiger partial charge in [-0.1, -0.05) is 74.0 Å². The van der Waals surface area contributed by atoms with Crippen LogP contribution in [0.2, 0.25) is 0 Å². The third-order valence-electron chi connectivity index (χ3n) is 5.01. The predicted molar refractivity (Wildman–Crippen MR) is 115 cm³/mol. The van der Waals surface area contributed by atoms with Crippen molar-refractivity contribution >= 4 is 0 Å². The van der Waals surface area contributed by atoms with Gasteiger partial charge in [0.25, 0.3) is 0 Å². The van der Waals surface area contributed by atoms with Crippen LogP contribution in [0, 0.1) is 6.92 Å². The standard InChI is InChI=1S/C23H31N5/c1-4-27(5-2)16-15-24-17-22-23(21-9-7-6-8-10-21)26-28(25-22)18-20-13-11-19(3)12-14-20/h6-14,24H,4-5,15-18H2,1-3H3. The Morgan fingerprint density at radius 3 is 2.32 bits per heavy atom. The highest BCUT2D eigenvalue weighted by Crippen LogP contribution is 2.20. The van der Waals surface area contributed by atoms with Crippen molar-refractivity contribution in [1.82, 2.24) is 25.2 Å². The van der Waals surface area contributed by atoms with E-state index in [1.54, 1.807) is 0 Å². The van der Waals surface area contributed by atoms with Crippen LogP contribution in [0.1, 0.15) is 30.7 Å². The van der Waals surface area contributed by atoms with Gasteiger partial charge in [0.2, 0.25) is 0 Å². The second kappa shape index (κ2) is 10.2. The average Bonchev–Trinajstić information content (AvgIpc) is 3.13. The zero-order valence-electron chi connectivity index (χ0n) is 17.2. The molecule has 0 saturated heterocycles. The lowest BCUT2D eigenvalue weighted by Gasteiger charge is -2.17. The number of nitrogens with zero attached hydrogens (tertiary/aromatic N) is 4. The van der Waals surface area contributed by atoms with Crippen LogP contribution >= 0.6 is 0 Å². The molecule has 0 atom stereocenters. The molecular weight excluding hydrogens is 346 g/mol. The Labute approximate surface area is 168 Å².